The Hall–Kier alpha value is -3.28. The zero-order chi connectivity index (χ0) is 22.1. The van der Waals surface area contributed by atoms with Gasteiger partial charge in [0, 0.05) is 5.69 Å². The lowest BCUT2D eigenvalue weighted by Gasteiger charge is -2.24. The molecular formula is C24H29NO5. The molecule has 0 bridgehead atoms. The minimum Gasteiger partial charge on any atom is -0.497 e. The van der Waals surface area contributed by atoms with E-state index >= 15 is 0 Å². The van der Waals surface area contributed by atoms with E-state index in [-0.39, 0.29) is 5.91 Å². The number of nitrogens with one attached hydrogen (secondary N) is 1. The van der Waals surface area contributed by atoms with E-state index in [0.29, 0.717) is 11.4 Å². The number of benzene rings is 2. The average Bonchev–Trinajstić information content (AvgIpc) is 2.70. The maximum Gasteiger partial charge on any atom is 0.509 e. The molecule has 160 valence electrons. The average molecular weight is 411 g/mol. The van der Waals surface area contributed by atoms with Gasteiger partial charge in [0.15, 0.2) is 0 Å². The fraction of sp³-hybridized carbons (Fsp3) is 0.333. The summed E-state index contributed by atoms with van der Waals surface area (Å²) in [6.45, 7) is 6.96. The number of anilines is 1. The number of carbonyl (C=O) groups excluding carboxylic acids is 2. The maximum atomic E-state index is 12.8. The van der Waals surface area contributed by atoms with Crippen LogP contribution in [0.2, 0.25) is 0 Å². The Morgan fingerprint density at radius 2 is 1.63 bits per heavy atom. The van der Waals surface area contributed by atoms with Gasteiger partial charge in [-0.3, -0.25) is 4.79 Å². The number of amides is 1. The molecule has 0 aromatic heterocycles. The number of ether oxygens (including phenoxy) is 3. The van der Waals surface area contributed by atoms with E-state index in [1.165, 1.54) is 0 Å². The first-order valence-electron chi connectivity index (χ1n) is 9.76. The molecule has 6 heteroatoms. The Balaban J connectivity index is 2.14. The molecule has 2 aromatic rings. The van der Waals surface area contributed by atoms with Crippen LogP contribution in [0.5, 0.6) is 5.75 Å². The van der Waals surface area contributed by atoms with Crippen molar-refractivity contribution in [1.82, 2.24) is 0 Å². The van der Waals surface area contributed by atoms with Gasteiger partial charge in [-0.15, -0.1) is 0 Å². The predicted molar refractivity (Wildman–Crippen MR) is 117 cm³/mol. The molecule has 2 atom stereocenters. The van der Waals surface area contributed by atoms with Crippen LogP contribution in [-0.4, -0.2) is 30.9 Å². The molecule has 2 aromatic carbocycles. The summed E-state index contributed by atoms with van der Waals surface area (Å²) < 4.78 is 15.9. The topological polar surface area (TPSA) is 73.9 Å². The smallest absolute Gasteiger partial charge is 0.497 e. The van der Waals surface area contributed by atoms with Crippen molar-refractivity contribution in [3.63, 3.8) is 0 Å². The second-order valence-corrected chi connectivity index (χ2v) is 7.82. The summed E-state index contributed by atoms with van der Waals surface area (Å²) in [4.78, 5) is 25.0. The molecule has 2 rings (SSSR count). The molecule has 0 heterocycles. The Bertz CT molecular complexity index is 853. The molecular weight excluding hydrogens is 382 g/mol. The molecule has 0 saturated carbocycles. The quantitative estimate of drug-likeness (QED) is 0.626. The van der Waals surface area contributed by atoms with Crippen LogP contribution in [0.15, 0.2) is 60.7 Å². The minimum atomic E-state index is -0.825. The second kappa shape index (κ2) is 10.5. The first kappa shape index (κ1) is 23.0. The third kappa shape index (κ3) is 7.62. The van der Waals surface area contributed by atoms with Gasteiger partial charge in [-0.05, 0) is 63.6 Å². The Morgan fingerprint density at radius 3 is 2.20 bits per heavy atom. The summed E-state index contributed by atoms with van der Waals surface area (Å²) in [7, 11) is 1.58. The highest BCUT2D eigenvalue weighted by Crippen LogP contribution is 2.19. The highest BCUT2D eigenvalue weighted by molar-refractivity contribution is 5.93. The van der Waals surface area contributed by atoms with E-state index in [1.807, 2.05) is 36.4 Å². The molecule has 1 N–H and O–H groups in total. The summed E-state index contributed by atoms with van der Waals surface area (Å²) in [6, 6.07) is 16.6. The molecule has 0 radical (unpaired) electrons. The molecule has 1 amide bonds. The Morgan fingerprint density at radius 1 is 1.00 bits per heavy atom. The lowest BCUT2D eigenvalue weighted by molar-refractivity contribution is -0.122. The third-order valence-electron chi connectivity index (χ3n) is 4.16. The summed E-state index contributed by atoms with van der Waals surface area (Å²) in [5.41, 5.74) is 0.855. The van der Waals surface area contributed by atoms with E-state index in [4.69, 9.17) is 14.2 Å². The van der Waals surface area contributed by atoms with Crippen LogP contribution < -0.4 is 10.1 Å². The lowest BCUT2D eigenvalue weighted by Crippen LogP contribution is -2.35. The number of hydrogen-bond acceptors (Lipinski definition) is 5. The van der Waals surface area contributed by atoms with Gasteiger partial charge in [0.05, 0.1) is 13.0 Å². The van der Waals surface area contributed by atoms with Crippen LogP contribution in [0, 0.1) is 5.92 Å². The van der Waals surface area contributed by atoms with E-state index in [2.05, 4.69) is 5.32 Å². The van der Waals surface area contributed by atoms with Crippen LogP contribution in [0.1, 0.15) is 33.3 Å². The van der Waals surface area contributed by atoms with Crippen LogP contribution in [0.4, 0.5) is 10.5 Å². The predicted octanol–water partition coefficient (Wildman–Crippen LogP) is 5.30. The minimum absolute atomic E-state index is 0.286. The van der Waals surface area contributed by atoms with Gasteiger partial charge >= 0.3 is 6.16 Å². The van der Waals surface area contributed by atoms with Gasteiger partial charge in [0.2, 0.25) is 5.91 Å². The van der Waals surface area contributed by atoms with Gasteiger partial charge in [0.25, 0.3) is 0 Å². The Kier molecular flexibility index (Phi) is 8.04. The standard InChI is InChI=1S/C24H29NO5/c1-17(22(26)25-19-12-14-20(28-5)15-13-19)21(29-23(27)30-24(2,3)4)16-11-18-9-7-6-8-10-18/h6-17,21H,1-5H3,(H,25,26)/b16-11+/t17-,21-/m0/s1. The van der Waals surface area contributed by atoms with Crippen molar-refractivity contribution in [3.05, 3.63) is 66.2 Å². The molecule has 0 aliphatic rings. The summed E-state index contributed by atoms with van der Waals surface area (Å²) in [5, 5.41) is 2.83. The first-order valence-corrected chi connectivity index (χ1v) is 9.76. The summed E-state index contributed by atoms with van der Waals surface area (Å²) in [6.07, 6.45) is 1.87. The van der Waals surface area contributed by atoms with Crippen molar-refractivity contribution < 1.29 is 23.8 Å². The molecule has 6 nitrogen and oxygen atoms in total. The van der Waals surface area contributed by atoms with Crippen LogP contribution in [0.3, 0.4) is 0 Å². The van der Waals surface area contributed by atoms with Crippen molar-refractivity contribution in [2.24, 2.45) is 5.92 Å². The van der Waals surface area contributed by atoms with Crippen molar-refractivity contribution in [1.29, 1.82) is 0 Å². The molecule has 0 unspecified atom stereocenters. The molecule has 30 heavy (non-hydrogen) atoms. The zero-order valence-corrected chi connectivity index (χ0v) is 18.0. The van der Waals surface area contributed by atoms with Gasteiger partial charge < -0.3 is 19.5 Å². The van der Waals surface area contributed by atoms with Crippen LogP contribution in [0.25, 0.3) is 6.08 Å². The van der Waals surface area contributed by atoms with Crippen LogP contribution in [-0.2, 0) is 14.3 Å². The van der Waals surface area contributed by atoms with E-state index in [0.717, 1.165) is 5.56 Å². The van der Waals surface area contributed by atoms with Crippen LogP contribution >= 0.6 is 0 Å². The summed E-state index contributed by atoms with van der Waals surface area (Å²) >= 11 is 0. The Labute approximate surface area is 177 Å². The van der Waals surface area contributed by atoms with Crippen molar-refractivity contribution in [2.45, 2.75) is 39.4 Å². The van der Waals surface area contributed by atoms with Gasteiger partial charge in [-0.1, -0.05) is 36.4 Å². The van der Waals surface area contributed by atoms with Crippen molar-refractivity contribution >= 4 is 23.8 Å². The van der Waals surface area contributed by atoms with E-state index in [1.54, 1.807) is 65.1 Å². The van der Waals surface area contributed by atoms with Gasteiger partial charge in [-0.2, -0.15) is 0 Å². The number of carbonyl (C=O) groups is 2. The lowest BCUT2D eigenvalue weighted by atomic mass is 10.0. The SMILES string of the molecule is COc1ccc(NC(=O)[C@@H](C)[C@H](/C=C/c2ccccc2)OC(=O)OC(C)(C)C)cc1. The van der Waals surface area contributed by atoms with Gasteiger partial charge in [0.1, 0.15) is 17.5 Å². The highest BCUT2D eigenvalue weighted by atomic mass is 16.7. The monoisotopic (exact) mass is 411 g/mol. The van der Waals surface area contributed by atoms with E-state index in [9.17, 15) is 9.59 Å². The van der Waals surface area contributed by atoms with Gasteiger partial charge in [-0.25, -0.2) is 4.79 Å². The number of methoxy groups -OCH3 is 1. The maximum absolute atomic E-state index is 12.8. The molecule has 0 saturated heterocycles. The highest BCUT2D eigenvalue weighted by Gasteiger charge is 2.28. The van der Waals surface area contributed by atoms with E-state index < -0.39 is 23.8 Å². The van der Waals surface area contributed by atoms with Crippen molar-refractivity contribution in [3.8, 4) is 5.75 Å². The molecule has 0 aliphatic heterocycles. The molecule has 0 aliphatic carbocycles. The number of hydrogen-bond donors (Lipinski definition) is 1. The fourth-order valence-corrected chi connectivity index (χ4v) is 2.54. The largest absolute Gasteiger partial charge is 0.509 e. The molecule has 0 fully saturated rings. The third-order valence-corrected chi connectivity index (χ3v) is 4.16. The van der Waals surface area contributed by atoms with Crippen molar-refractivity contribution in [2.75, 3.05) is 12.4 Å². The normalized spacial score (nSPS) is 13.4. The fourth-order valence-electron chi connectivity index (χ4n) is 2.54. The summed E-state index contributed by atoms with van der Waals surface area (Å²) in [5.74, 6) is -0.246. The second-order valence-electron chi connectivity index (χ2n) is 7.82. The zero-order valence-electron chi connectivity index (χ0n) is 18.0. The molecule has 0 spiro atoms. The first-order chi connectivity index (χ1) is 14.2. The number of rotatable bonds is 7.